The van der Waals surface area contributed by atoms with Crippen molar-refractivity contribution in [3.63, 3.8) is 0 Å². The van der Waals surface area contributed by atoms with Crippen LogP contribution in [0.5, 0.6) is 17.2 Å². The standard InChI is InChI=1S/C20H20N2O3/c1-2-16(22-11-1)13-23-17-7-9-19(10-8-17)25-18-5-3-15(4-6-18)20-12-21-14-24-20/h3-10,12,14,16,22H,1-2,11,13H2/t16-/m1/s1. The Kier molecular flexibility index (Phi) is 4.65. The number of ether oxygens (including phenoxy) is 2. The molecule has 4 rings (SSSR count). The molecule has 1 aliphatic rings. The lowest BCUT2D eigenvalue weighted by Gasteiger charge is -2.12. The highest BCUT2D eigenvalue weighted by Gasteiger charge is 2.14. The molecule has 1 atom stereocenters. The van der Waals surface area contributed by atoms with Gasteiger partial charge in [-0.15, -0.1) is 0 Å². The zero-order valence-electron chi connectivity index (χ0n) is 13.9. The number of nitrogens with zero attached hydrogens (tertiary/aromatic N) is 1. The van der Waals surface area contributed by atoms with E-state index in [0.717, 1.165) is 35.1 Å². The van der Waals surface area contributed by atoms with E-state index in [0.29, 0.717) is 12.6 Å². The monoisotopic (exact) mass is 336 g/mol. The first-order valence-corrected chi connectivity index (χ1v) is 8.50. The van der Waals surface area contributed by atoms with Crippen LogP contribution < -0.4 is 14.8 Å². The summed E-state index contributed by atoms with van der Waals surface area (Å²) < 4.78 is 17.0. The van der Waals surface area contributed by atoms with E-state index in [4.69, 9.17) is 13.9 Å². The van der Waals surface area contributed by atoms with Crippen LogP contribution >= 0.6 is 0 Å². The van der Waals surface area contributed by atoms with Crippen molar-refractivity contribution in [1.82, 2.24) is 10.3 Å². The molecule has 3 aromatic rings. The van der Waals surface area contributed by atoms with E-state index >= 15 is 0 Å². The molecule has 0 amide bonds. The van der Waals surface area contributed by atoms with Crippen LogP contribution in [0.4, 0.5) is 0 Å². The third-order valence-electron chi connectivity index (χ3n) is 4.24. The molecule has 25 heavy (non-hydrogen) atoms. The van der Waals surface area contributed by atoms with Crippen molar-refractivity contribution in [2.75, 3.05) is 13.2 Å². The third-order valence-corrected chi connectivity index (χ3v) is 4.24. The Morgan fingerprint density at radius 2 is 1.72 bits per heavy atom. The molecule has 5 heteroatoms. The van der Waals surface area contributed by atoms with E-state index in [1.807, 2.05) is 48.5 Å². The second-order valence-electron chi connectivity index (χ2n) is 6.07. The minimum Gasteiger partial charge on any atom is -0.492 e. The third kappa shape index (κ3) is 4.00. The molecule has 0 bridgehead atoms. The summed E-state index contributed by atoms with van der Waals surface area (Å²) >= 11 is 0. The lowest BCUT2D eigenvalue weighted by molar-refractivity contribution is 0.277. The van der Waals surface area contributed by atoms with Gasteiger partial charge in [0.15, 0.2) is 12.2 Å². The molecule has 1 saturated heterocycles. The van der Waals surface area contributed by atoms with E-state index in [2.05, 4.69) is 10.3 Å². The zero-order chi connectivity index (χ0) is 16.9. The van der Waals surface area contributed by atoms with Gasteiger partial charge in [0.25, 0.3) is 0 Å². The van der Waals surface area contributed by atoms with Crippen molar-refractivity contribution in [3.8, 4) is 28.6 Å². The second-order valence-corrected chi connectivity index (χ2v) is 6.07. The van der Waals surface area contributed by atoms with Crippen LogP contribution in [0.2, 0.25) is 0 Å². The fraction of sp³-hybridized carbons (Fsp3) is 0.250. The lowest BCUT2D eigenvalue weighted by Crippen LogP contribution is -2.28. The van der Waals surface area contributed by atoms with Gasteiger partial charge in [0, 0.05) is 11.6 Å². The molecule has 128 valence electrons. The Morgan fingerprint density at radius 3 is 2.36 bits per heavy atom. The van der Waals surface area contributed by atoms with Gasteiger partial charge in [0.1, 0.15) is 23.9 Å². The van der Waals surface area contributed by atoms with Gasteiger partial charge in [-0.25, -0.2) is 4.98 Å². The Hall–Kier alpha value is -2.79. The average Bonchev–Trinajstić information content (AvgIpc) is 3.36. The summed E-state index contributed by atoms with van der Waals surface area (Å²) in [6.45, 7) is 1.80. The first-order valence-electron chi connectivity index (χ1n) is 8.50. The van der Waals surface area contributed by atoms with Gasteiger partial charge in [-0.05, 0) is 67.9 Å². The topological polar surface area (TPSA) is 56.5 Å². The Morgan fingerprint density at radius 1 is 1.00 bits per heavy atom. The predicted molar refractivity (Wildman–Crippen MR) is 95.0 cm³/mol. The highest BCUT2D eigenvalue weighted by molar-refractivity contribution is 5.57. The SMILES string of the molecule is c1ncc(-c2ccc(Oc3ccc(OC[C@H]4CCCN4)cc3)cc2)o1. The Balaban J connectivity index is 1.34. The summed E-state index contributed by atoms with van der Waals surface area (Å²) in [5.41, 5.74) is 0.967. The summed E-state index contributed by atoms with van der Waals surface area (Å²) in [4.78, 5) is 3.92. The van der Waals surface area contributed by atoms with Crippen molar-refractivity contribution >= 4 is 0 Å². The van der Waals surface area contributed by atoms with Crippen LogP contribution in [0.25, 0.3) is 11.3 Å². The molecule has 0 spiro atoms. The van der Waals surface area contributed by atoms with Crippen molar-refractivity contribution in [3.05, 3.63) is 61.1 Å². The van der Waals surface area contributed by atoms with Crippen molar-refractivity contribution in [2.24, 2.45) is 0 Å². The second kappa shape index (κ2) is 7.40. The van der Waals surface area contributed by atoms with Gasteiger partial charge in [-0.3, -0.25) is 0 Å². The van der Waals surface area contributed by atoms with Crippen LogP contribution in [0, 0.1) is 0 Å². The number of rotatable bonds is 6. The Bertz CT molecular complexity index is 777. The van der Waals surface area contributed by atoms with Crippen molar-refractivity contribution in [1.29, 1.82) is 0 Å². The summed E-state index contributed by atoms with van der Waals surface area (Å²) in [5.74, 6) is 3.15. The smallest absolute Gasteiger partial charge is 0.181 e. The van der Waals surface area contributed by atoms with Gasteiger partial charge >= 0.3 is 0 Å². The number of oxazole rings is 1. The number of aromatic nitrogens is 1. The molecule has 0 saturated carbocycles. The normalized spacial score (nSPS) is 16.7. The van der Waals surface area contributed by atoms with Crippen LogP contribution in [0.3, 0.4) is 0 Å². The molecule has 2 aromatic carbocycles. The van der Waals surface area contributed by atoms with Crippen LogP contribution in [-0.2, 0) is 0 Å². The van der Waals surface area contributed by atoms with E-state index in [-0.39, 0.29) is 0 Å². The number of hydrogen-bond acceptors (Lipinski definition) is 5. The van der Waals surface area contributed by atoms with Crippen LogP contribution in [0.1, 0.15) is 12.8 Å². The van der Waals surface area contributed by atoms with Crippen LogP contribution in [0.15, 0.2) is 65.5 Å². The fourth-order valence-corrected chi connectivity index (χ4v) is 2.88. The van der Waals surface area contributed by atoms with Crippen LogP contribution in [-0.4, -0.2) is 24.2 Å². The highest BCUT2D eigenvalue weighted by Crippen LogP contribution is 2.27. The summed E-state index contributed by atoms with van der Waals surface area (Å²) in [6.07, 6.45) is 5.53. The molecule has 1 N–H and O–H groups in total. The van der Waals surface area contributed by atoms with E-state index in [1.165, 1.54) is 19.2 Å². The first-order chi connectivity index (χ1) is 12.4. The van der Waals surface area contributed by atoms with Gasteiger partial charge in [-0.1, -0.05) is 0 Å². The summed E-state index contributed by atoms with van der Waals surface area (Å²) in [6, 6.07) is 15.9. The molecule has 1 fully saturated rings. The van der Waals surface area contributed by atoms with Gasteiger partial charge in [-0.2, -0.15) is 0 Å². The molecule has 1 aliphatic heterocycles. The van der Waals surface area contributed by atoms with Gasteiger partial charge < -0.3 is 19.2 Å². The number of benzene rings is 2. The maximum absolute atomic E-state index is 5.87. The zero-order valence-corrected chi connectivity index (χ0v) is 13.9. The maximum atomic E-state index is 5.87. The lowest BCUT2D eigenvalue weighted by atomic mass is 10.2. The minimum atomic E-state index is 0.471. The predicted octanol–water partition coefficient (Wildman–Crippen LogP) is 4.26. The molecule has 5 nitrogen and oxygen atoms in total. The van der Waals surface area contributed by atoms with Crippen molar-refractivity contribution in [2.45, 2.75) is 18.9 Å². The van der Waals surface area contributed by atoms with E-state index in [9.17, 15) is 0 Å². The van der Waals surface area contributed by atoms with E-state index in [1.54, 1.807) is 6.20 Å². The minimum absolute atomic E-state index is 0.471. The molecular weight excluding hydrogens is 316 g/mol. The molecule has 2 heterocycles. The maximum Gasteiger partial charge on any atom is 0.181 e. The molecule has 1 aromatic heterocycles. The Labute approximate surface area is 146 Å². The largest absolute Gasteiger partial charge is 0.492 e. The molecule has 0 unspecified atom stereocenters. The quantitative estimate of drug-likeness (QED) is 0.729. The summed E-state index contributed by atoms with van der Waals surface area (Å²) in [5, 5.41) is 3.43. The van der Waals surface area contributed by atoms with E-state index < -0.39 is 0 Å². The first kappa shape index (κ1) is 15.7. The number of nitrogens with one attached hydrogen (secondary N) is 1. The molecular formula is C20H20N2O3. The summed E-state index contributed by atoms with van der Waals surface area (Å²) in [7, 11) is 0. The molecule has 0 radical (unpaired) electrons. The van der Waals surface area contributed by atoms with Gasteiger partial charge in [0.2, 0.25) is 0 Å². The van der Waals surface area contributed by atoms with Gasteiger partial charge in [0.05, 0.1) is 6.20 Å². The average molecular weight is 336 g/mol. The number of hydrogen-bond donors (Lipinski definition) is 1. The molecule has 0 aliphatic carbocycles. The fourth-order valence-electron chi connectivity index (χ4n) is 2.88. The van der Waals surface area contributed by atoms with Crippen molar-refractivity contribution < 1.29 is 13.9 Å². The highest BCUT2D eigenvalue weighted by atomic mass is 16.5.